The average Bonchev–Trinajstić information content (AvgIpc) is 3.12. The zero-order valence-electron chi connectivity index (χ0n) is 13.7. The van der Waals surface area contributed by atoms with Crippen LogP contribution in [0, 0.1) is 0 Å². The van der Waals surface area contributed by atoms with Gasteiger partial charge in [-0.15, -0.1) is 10.2 Å². The van der Waals surface area contributed by atoms with Crippen LogP contribution in [0.25, 0.3) is 16.9 Å². The molecule has 0 fully saturated rings. The molecule has 9 heteroatoms. The summed E-state index contributed by atoms with van der Waals surface area (Å²) in [5.41, 5.74) is 3.26. The number of rotatable bonds is 3. The second-order valence-electron chi connectivity index (χ2n) is 5.64. The van der Waals surface area contributed by atoms with Gasteiger partial charge < -0.3 is 10.6 Å². The molecule has 0 aliphatic rings. The summed E-state index contributed by atoms with van der Waals surface area (Å²) in [5, 5.41) is 18.5. The van der Waals surface area contributed by atoms with Crippen LogP contribution in [0.3, 0.4) is 0 Å². The lowest BCUT2D eigenvalue weighted by Crippen LogP contribution is -2.19. The van der Waals surface area contributed by atoms with Gasteiger partial charge in [0.2, 0.25) is 0 Å². The van der Waals surface area contributed by atoms with Crippen molar-refractivity contribution in [2.75, 3.05) is 10.6 Å². The molecule has 4 aromatic rings. The third kappa shape index (κ3) is 3.84. The number of benzene rings is 2. The van der Waals surface area contributed by atoms with Gasteiger partial charge in [-0.25, -0.2) is 4.79 Å². The number of carbonyl (C=O) groups is 1. The first-order valence-electron chi connectivity index (χ1n) is 7.89. The second kappa shape index (κ2) is 7.22. The Balaban J connectivity index is 1.53. The normalized spacial score (nSPS) is 10.7. The van der Waals surface area contributed by atoms with Crippen molar-refractivity contribution in [3.63, 3.8) is 0 Å². The van der Waals surface area contributed by atoms with E-state index in [2.05, 4.69) is 25.9 Å². The summed E-state index contributed by atoms with van der Waals surface area (Å²) in [6.07, 6.45) is 1.53. The first-order valence-corrected chi connectivity index (χ1v) is 8.65. The van der Waals surface area contributed by atoms with Crippen LogP contribution < -0.4 is 10.6 Å². The van der Waals surface area contributed by atoms with E-state index in [1.54, 1.807) is 28.8 Å². The minimum Gasteiger partial charge on any atom is -0.308 e. The third-order valence-corrected chi connectivity index (χ3v) is 4.32. The van der Waals surface area contributed by atoms with E-state index in [1.165, 1.54) is 6.33 Å². The molecular formula is C18H12Cl2N6O. The van der Waals surface area contributed by atoms with E-state index < -0.39 is 6.03 Å². The summed E-state index contributed by atoms with van der Waals surface area (Å²) < 4.78 is 1.59. The summed E-state index contributed by atoms with van der Waals surface area (Å²) in [6.45, 7) is 0. The van der Waals surface area contributed by atoms with Gasteiger partial charge in [0.15, 0.2) is 5.65 Å². The molecule has 0 bridgehead atoms. The minimum absolute atomic E-state index is 0.398. The molecule has 2 aromatic carbocycles. The Bertz CT molecular complexity index is 1140. The molecule has 134 valence electrons. The van der Waals surface area contributed by atoms with Gasteiger partial charge in [0.25, 0.3) is 0 Å². The quantitative estimate of drug-likeness (QED) is 0.521. The minimum atomic E-state index is -0.432. The monoisotopic (exact) mass is 398 g/mol. The van der Waals surface area contributed by atoms with Crippen LogP contribution in [-0.2, 0) is 0 Å². The fourth-order valence-corrected chi connectivity index (χ4v) is 2.85. The SMILES string of the molecule is O=C(Nc1cccc(-c2ccc3nncn3n2)c1)Nc1cc(Cl)ccc1Cl. The molecule has 0 saturated carbocycles. The fraction of sp³-hybridized carbons (Fsp3) is 0. The van der Waals surface area contributed by atoms with E-state index in [1.807, 2.05) is 30.3 Å². The Hall–Kier alpha value is -3.16. The van der Waals surface area contributed by atoms with Crippen molar-refractivity contribution in [1.29, 1.82) is 0 Å². The summed E-state index contributed by atoms with van der Waals surface area (Å²) in [6, 6.07) is 15.4. The summed E-state index contributed by atoms with van der Waals surface area (Å²) in [5.74, 6) is 0. The van der Waals surface area contributed by atoms with Gasteiger partial charge in [0.1, 0.15) is 6.33 Å². The molecular weight excluding hydrogens is 387 g/mol. The molecule has 0 atom stereocenters. The first-order chi connectivity index (χ1) is 13.1. The molecule has 0 unspecified atom stereocenters. The van der Waals surface area contributed by atoms with Crippen molar-refractivity contribution in [2.45, 2.75) is 0 Å². The molecule has 0 aliphatic heterocycles. The topological polar surface area (TPSA) is 84.2 Å². The van der Waals surface area contributed by atoms with Crippen molar-refractivity contribution in [3.05, 3.63) is 71.0 Å². The highest BCUT2D eigenvalue weighted by Gasteiger charge is 2.08. The highest BCUT2D eigenvalue weighted by molar-refractivity contribution is 6.35. The number of nitrogens with one attached hydrogen (secondary N) is 2. The van der Waals surface area contributed by atoms with Crippen LogP contribution in [0.2, 0.25) is 10.0 Å². The van der Waals surface area contributed by atoms with Crippen LogP contribution in [-0.4, -0.2) is 25.8 Å². The van der Waals surface area contributed by atoms with E-state index in [9.17, 15) is 4.79 Å². The van der Waals surface area contributed by atoms with Crippen molar-refractivity contribution in [2.24, 2.45) is 0 Å². The Labute approximate surface area is 163 Å². The van der Waals surface area contributed by atoms with E-state index in [0.717, 1.165) is 11.3 Å². The molecule has 4 rings (SSSR count). The Morgan fingerprint density at radius 1 is 1.00 bits per heavy atom. The van der Waals surface area contributed by atoms with Crippen molar-refractivity contribution in [1.82, 2.24) is 19.8 Å². The van der Waals surface area contributed by atoms with Crippen LogP contribution >= 0.6 is 23.2 Å². The zero-order valence-corrected chi connectivity index (χ0v) is 15.2. The number of halogens is 2. The molecule has 0 radical (unpaired) electrons. The maximum Gasteiger partial charge on any atom is 0.323 e. The van der Waals surface area contributed by atoms with Crippen LogP contribution in [0.4, 0.5) is 16.2 Å². The number of nitrogens with zero attached hydrogens (tertiary/aromatic N) is 4. The lowest BCUT2D eigenvalue weighted by atomic mass is 10.1. The lowest BCUT2D eigenvalue weighted by molar-refractivity contribution is 0.262. The standard InChI is InChI=1S/C18H12Cl2N6O/c19-12-4-5-14(20)16(9-12)23-18(27)22-13-3-1-2-11(8-13)15-6-7-17-24-21-10-26(17)25-15/h1-10H,(H2,22,23,27). The predicted octanol–water partition coefficient (Wildman–Crippen LogP) is 4.74. The smallest absolute Gasteiger partial charge is 0.308 e. The average molecular weight is 399 g/mol. The number of hydrogen-bond acceptors (Lipinski definition) is 4. The highest BCUT2D eigenvalue weighted by atomic mass is 35.5. The van der Waals surface area contributed by atoms with E-state index in [0.29, 0.717) is 27.1 Å². The van der Waals surface area contributed by atoms with Crippen LogP contribution in [0.1, 0.15) is 0 Å². The summed E-state index contributed by atoms with van der Waals surface area (Å²) in [4.78, 5) is 12.3. The number of aromatic nitrogens is 4. The Kier molecular flexibility index (Phi) is 4.62. The summed E-state index contributed by atoms with van der Waals surface area (Å²) in [7, 11) is 0. The van der Waals surface area contributed by atoms with Crippen molar-refractivity contribution < 1.29 is 4.79 Å². The molecule has 2 heterocycles. The van der Waals surface area contributed by atoms with E-state index in [4.69, 9.17) is 23.2 Å². The molecule has 2 amide bonds. The van der Waals surface area contributed by atoms with Gasteiger partial charge in [0.05, 0.1) is 16.4 Å². The fourth-order valence-electron chi connectivity index (χ4n) is 2.52. The van der Waals surface area contributed by atoms with Crippen molar-refractivity contribution in [3.8, 4) is 11.3 Å². The van der Waals surface area contributed by atoms with Crippen LogP contribution in [0.15, 0.2) is 60.9 Å². The third-order valence-electron chi connectivity index (χ3n) is 3.75. The van der Waals surface area contributed by atoms with Crippen molar-refractivity contribution >= 4 is 46.3 Å². The second-order valence-corrected chi connectivity index (χ2v) is 6.48. The number of hydrogen-bond donors (Lipinski definition) is 2. The highest BCUT2D eigenvalue weighted by Crippen LogP contribution is 2.26. The van der Waals surface area contributed by atoms with E-state index in [-0.39, 0.29) is 0 Å². The number of amides is 2. The molecule has 2 aromatic heterocycles. The maximum atomic E-state index is 12.3. The number of carbonyl (C=O) groups excluding carboxylic acids is 1. The number of anilines is 2. The Morgan fingerprint density at radius 2 is 1.89 bits per heavy atom. The Morgan fingerprint density at radius 3 is 2.78 bits per heavy atom. The molecule has 0 aliphatic carbocycles. The lowest BCUT2D eigenvalue weighted by Gasteiger charge is -2.10. The van der Waals surface area contributed by atoms with Gasteiger partial charge in [-0.3, -0.25) is 0 Å². The largest absolute Gasteiger partial charge is 0.323 e. The number of urea groups is 1. The van der Waals surface area contributed by atoms with Gasteiger partial charge in [-0.2, -0.15) is 9.61 Å². The van der Waals surface area contributed by atoms with Gasteiger partial charge >= 0.3 is 6.03 Å². The molecule has 0 spiro atoms. The van der Waals surface area contributed by atoms with E-state index >= 15 is 0 Å². The van der Waals surface area contributed by atoms with Gasteiger partial charge in [-0.1, -0.05) is 35.3 Å². The summed E-state index contributed by atoms with van der Waals surface area (Å²) >= 11 is 12.0. The molecule has 2 N–H and O–H groups in total. The molecule has 7 nitrogen and oxygen atoms in total. The predicted molar refractivity (Wildman–Crippen MR) is 105 cm³/mol. The van der Waals surface area contributed by atoms with Gasteiger partial charge in [0, 0.05) is 16.3 Å². The number of fused-ring (bicyclic) bond motifs is 1. The first kappa shape index (κ1) is 17.3. The molecule has 27 heavy (non-hydrogen) atoms. The zero-order chi connectivity index (χ0) is 18.8. The maximum absolute atomic E-state index is 12.3. The van der Waals surface area contributed by atoms with Gasteiger partial charge in [-0.05, 0) is 42.5 Å². The van der Waals surface area contributed by atoms with Crippen LogP contribution in [0.5, 0.6) is 0 Å². The molecule has 0 saturated heterocycles.